The van der Waals surface area contributed by atoms with Gasteiger partial charge in [0.15, 0.2) is 0 Å². The first-order valence-electron chi connectivity index (χ1n) is 4.79. The summed E-state index contributed by atoms with van der Waals surface area (Å²) in [6.45, 7) is 0.881. The molecule has 0 saturated carbocycles. The second kappa shape index (κ2) is 3.86. The molecule has 1 aromatic rings. The van der Waals surface area contributed by atoms with Crippen LogP contribution in [0.1, 0.15) is 5.56 Å². The van der Waals surface area contributed by atoms with E-state index >= 15 is 0 Å². The van der Waals surface area contributed by atoms with Crippen LogP contribution in [0.25, 0.3) is 6.08 Å². The van der Waals surface area contributed by atoms with Gasteiger partial charge in [-0.3, -0.25) is 9.48 Å². The molecule has 1 N–H and O–H groups in total. The average Bonchev–Trinajstić information content (AvgIpc) is 2.56. The van der Waals surface area contributed by atoms with Crippen LogP contribution in [0.2, 0.25) is 0 Å². The number of hydrogen-bond acceptors (Lipinski definition) is 3. The Kier molecular flexibility index (Phi) is 2.55. The highest BCUT2D eigenvalue weighted by atomic mass is 16.3. The Morgan fingerprint density at radius 2 is 2.40 bits per heavy atom. The lowest BCUT2D eigenvalue weighted by Gasteiger charge is -2.34. The number of likely N-dealkylation sites (tertiary alicyclic amines) is 1. The van der Waals surface area contributed by atoms with Gasteiger partial charge in [0, 0.05) is 38.0 Å². The Morgan fingerprint density at radius 3 is 2.93 bits per heavy atom. The monoisotopic (exact) mass is 207 g/mol. The summed E-state index contributed by atoms with van der Waals surface area (Å²) in [7, 11) is 1.82. The molecule has 2 rings (SSSR count). The molecular weight excluding hydrogens is 194 g/mol. The highest BCUT2D eigenvalue weighted by Crippen LogP contribution is 2.08. The molecule has 1 fully saturated rings. The van der Waals surface area contributed by atoms with Crippen molar-refractivity contribution in [2.24, 2.45) is 7.05 Å². The molecule has 2 heterocycles. The summed E-state index contributed by atoms with van der Waals surface area (Å²) in [5, 5.41) is 13.0. The fourth-order valence-electron chi connectivity index (χ4n) is 1.43. The van der Waals surface area contributed by atoms with Crippen LogP contribution >= 0.6 is 0 Å². The van der Waals surface area contributed by atoms with Crippen LogP contribution in [-0.2, 0) is 11.8 Å². The molecule has 0 aromatic carbocycles. The third-order valence-corrected chi connectivity index (χ3v) is 2.32. The minimum atomic E-state index is -0.347. The van der Waals surface area contributed by atoms with Crippen molar-refractivity contribution >= 4 is 12.0 Å². The number of aliphatic hydroxyl groups is 1. The molecule has 1 aromatic heterocycles. The van der Waals surface area contributed by atoms with Crippen LogP contribution < -0.4 is 0 Å². The van der Waals surface area contributed by atoms with Crippen molar-refractivity contribution in [3.05, 3.63) is 24.0 Å². The summed E-state index contributed by atoms with van der Waals surface area (Å²) in [5.41, 5.74) is 0.895. The van der Waals surface area contributed by atoms with E-state index in [4.69, 9.17) is 5.11 Å². The van der Waals surface area contributed by atoms with Crippen molar-refractivity contribution in [2.45, 2.75) is 6.10 Å². The van der Waals surface area contributed by atoms with Gasteiger partial charge < -0.3 is 10.0 Å². The van der Waals surface area contributed by atoms with Crippen molar-refractivity contribution < 1.29 is 9.90 Å². The van der Waals surface area contributed by atoms with Gasteiger partial charge in [0.25, 0.3) is 0 Å². The summed E-state index contributed by atoms with van der Waals surface area (Å²) in [5.74, 6) is -0.0656. The standard InChI is InChI=1S/C10H13N3O2/c1-12-5-8(4-11-12)2-3-10(15)13-6-9(14)7-13/h2-5,9,14H,6-7H2,1H3. The average molecular weight is 207 g/mol. The lowest BCUT2D eigenvalue weighted by Crippen LogP contribution is -2.52. The van der Waals surface area contributed by atoms with Crippen LogP contribution in [-0.4, -0.2) is 44.9 Å². The van der Waals surface area contributed by atoms with Gasteiger partial charge in [0.05, 0.1) is 12.3 Å². The van der Waals surface area contributed by atoms with Gasteiger partial charge in [0.2, 0.25) is 5.91 Å². The van der Waals surface area contributed by atoms with Crippen LogP contribution in [0.4, 0.5) is 0 Å². The Balaban J connectivity index is 1.91. The van der Waals surface area contributed by atoms with Gasteiger partial charge in [-0.1, -0.05) is 0 Å². The molecule has 0 atom stereocenters. The number of nitrogens with zero attached hydrogens (tertiary/aromatic N) is 3. The fourth-order valence-corrected chi connectivity index (χ4v) is 1.43. The quantitative estimate of drug-likeness (QED) is 0.673. The van der Waals surface area contributed by atoms with Crippen molar-refractivity contribution in [1.29, 1.82) is 0 Å². The van der Waals surface area contributed by atoms with Crippen LogP contribution in [0.15, 0.2) is 18.5 Å². The molecule has 0 unspecified atom stereocenters. The predicted molar refractivity (Wildman–Crippen MR) is 54.8 cm³/mol. The minimum Gasteiger partial charge on any atom is -0.389 e. The van der Waals surface area contributed by atoms with Crippen LogP contribution in [0, 0.1) is 0 Å². The van der Waals surface area contributed by atoms with Crippen molar-refractivity contribution in [2.75, 3.05) is 13.1 Å². The van der Waals surface area contributed by atoms with Gasteiger partial charge in [-0.2, -0.15) is 5.10 Å². The van der Waals surface area contributed by atoms with Gasteiger partial charge >= 0.3 is 0 Å². The van der Waals surface area contributed by atoms with E-state index in [1.165, 1.54) is 6.08 Å². The topological polar surface area (TPSA) is 58.4 Å². The first kappa shape index (κ1) is 9.92. The molecule has 1 aliphatic rings. The number of aryl methyl sites for hydroxylation is 1. The number of carbonyl (C=O) groups is 1. The van der Waals surface area contributed by atoms with Gasteiger partial charge in [-0.05, 0) is 6.08 Å². The number of hydrogen-bond donors (Lipinski definition) is 1. The number of amides is 1. The van der Waals surface area contributed by atoms with E-state index in [-0.39, 0.29) is 12.0 Å². The molecular formula is C10H13N3O2. The number of rotatable bonds is 2. The maximum Gasteiger partial charge on any atom is 0.246 e. The Hall–Kier alpha value is -1.62. The summed E-state index contributed by atoms with van der Waals surface area (Å²) >= 11 is 0. The second-order valence-corrected chi connectivity index (χ2v) is 3.68. The summed E-state index contributed by atoms with van der Waals surface area (Å²) in [6.07, 6.45) is 6.40. The largest absolute Gasteiger partial charge is 0.389 e. The molecule has 1 aliphatic heterocycles. The normalized spacial score (nSPS) is 17.1. The zero-order valence-electron chi connectivity index (χ0n) is 8.50. The van der Waals surface area contributed by atoms with Gasteiger partial charge in [-0.25, -0.2) is 0 Å². The molecule has 0 bridgehead atoms. The smallest absolute Gasteiger partial charge is 0.246 e. The molecule has 0 spiro atoms. The summed E-state index contributed by atoms with van der Waals surface area (Å²) in [4.78, 5) is 13.0. The second-order valence-electron chi connectivity index (χ2n) is 3.68. The number of aliphatic hydroxyl groups excluding tert-OH is 1. The van der Waals surface area contributed by atoms with E-state index in [0.29, 0.717) is 13.1 Å². The maximum absolute atomic E-state index is 11.5. The minimum absolute atomic E-state index is 0.0656. The molecule has 5 nitrogen and oxygen atoms in total. The number of β-amino-alcohol motifs (C(OH)–C–C–N with tert-alkyl or cyclic N) is 1. The molecule has 80 valence electrons. The van der Waals surface area contributed by atoms with Gasteiger partial charge in [-0.15, -0.1) is 0 Å². The molecule has 15 heavy (non-hydrogen) atoms. The van der Waals surface area contributed by atoms with E-state index in [9.17, 15) is 4.79 Å². The number of aromatic nitrogens is 2. The van der Waals surface area contributed by atoms with Crippen LogP contribution in [0.3, 0.4) is 0 Å². The predicted octanol–water partition coefficient (Wildman–Crippen LogP) is -0.364. The zero-order valence-corrected chi connectivity index (χ0v) is 8.50. The third-order valence-electron chi connectivity index (χ3n) is 2.32. The van der Waals surface area contributed by atoms with E-state index in [0.717, 1.165) is 5.56 Å². The molecule has 1 saturated heterocycles. The molecule has 0 radical (unpaired) electrons. The zero-order chi connectivity index (χ0) is 10.8. The highest BCUT2D eigenvalue weighted by molar-refractivity contribution is 5.92. The van der Waals surface area contributed by atoms with Gasteiger partial charge in [0.1, 0.15) is 0 Å². The van der Waals surface area contributed by atoms with Crippen LogP contribution in [0.5, 0.6) is 0 Å². The van der Waals surface area contributed by atoms with Crippen molar-refractivity contribution in [1.82, 2.24) is 14.7 Å². The Morgan fingerprint density at radius 1 is 1.67 bits per heavy atom. The van der Waals surface area contributed by atoms with E-state index in [1.807, 2.05) is 13.2 Å². The lowest BCUT2D eigenvalue weighted by molar-refractivity contribution is -0.135. The van der Waals surface area contributed by atoms with Crippen molar-refractivity contribution in [3.63, 3.8) is 0 Å². The Bertz CT molecular complexity index is 391. The summed E-state index contributed by atoms with van der Waals surface area (Å²) in [6, 6.07) is 0. The summed E-state index contributed by atoms with van der Waals surface area (Å²) < 4.78 is 1.68. The fraction of sp³-hybridized carbons (Fsp3) is 0.400. The van der Waals surface area contributed by atoms with E-state index in [1.54, 1.807) is 21.9 Å². The third kappa shape index (κ3) is 2.24. The Labute approximate surface area is 87.6 Å². The first-order valence-corrected chi connectivity index (χ1v) is 4.79. The SMILES string of the molecule is Cn1cc(C=CC(=O)N2CC(O)C2)cn1. The van der Waals surface area contributed by atoms with Crippen molar-refractivity contribution in [3.8, 4) is 0 Å². The highest BCUT2D eigenvalue weighted by Gasteiger charge is 2.26. The first-order chi connectivity index (χ1) is 7.15. The van der Waals surface area contributed by atoms with E-state index in [2.05, 4.69) is 5.10 Å². The van der Waals surface area contributed by atoms with E-state index < -0.39 is 0 Å². The molecule has 5 heteroatoms. The number of carbonyl (C=O) groups excluding carboxylic acids is 1. The molecule has 0 aliphatic carbocycles. The lowest BCUT2D eigenvalue weighted by atomic mass is 10.1. The molecule has 1 amide bonds. The maximum atomic E-state index is 11.5.